The van der Waals surface area contributed by atoms with Gasteiger partial charge in [-0.3, -0.25) is 0 Å². The topological polar surface area (TPSA) is 77.5 Å². The van der Waals surface area contributed by atoms with Gasteiger partial charge in [0.25, 0.3) is 0 Å². The summed E-state index contributed by atoms with van der Waals surface area (Å²) in [5.74, 6) is 3.40. The maximum absolute atomic E-state index is 5.67. The molecule has 0 atom stereocenters. The van der Waals surface area contributed by atoms with Crippen molar-refractivity contribution in [2.24, 2.45) is 0 Å². The van der Waals surface area contributed by atoms with Gasteiger partial charge in [0.05, 0.1) is 26.5 Å². The van der Waals surface area contributed by atoms with E-state index in [0.717, 1.165) is 22.7 Å². The molecule has 1 heterocycles. The highest BCUT2D eigenvalue weighted by Gasteiger charge is 2.08. The quantitative estimate of drug-likeness (QED) is 0.551. The maximum atomic E-state index is 5.67. The Bertz CT molecular complexity index is 963. The minimum atomic E-state index is 0.538. The van der Waals surface area contributed by atoms with Gasteiger partial charge in [0, 0.05) is 18.3 Å². The standard InChI is InChI=1S/C22H26N4O3/c1-5-29-18-9-7-6-8-17(18)25-21-12-15(2)24-22(26-21)23-14-16-10-11-19(27-3)20(13-16)28-4/h6-13H,5,14H2,1-4H3,(H2,23,24,25,26). The largest absolute Gasteiger partial charge is 0.493 e. The van der Waals surface area contributed by atoms with Gasteiger partial charge in [-0.1, -0.05) is 18.2 Å². The highest BCUT2D eigenvalue weighted by atomic mass is 16.5. The maximum Gasteiger partial charge on any atom is 0.225 e. The third kappa shape index (κ3) is 5.28. The lowest BCUT2D eigenvalue weighted by molar-refractivity contribution is 0.342. The van der Waals surface area contributed by atoms with Crippen LogP contribution in [0.15, 0.2) is 48.5 Å². The van der Waals surface area contributed by atoms with Gasteiger partial charge in [0.15, 0.2) is 11.5 Å². The Hall–Kier alpha value is -3.48. The molecule has 3 rings (SSSR count). The zero-order valence-corrected chi connectivity index (χ0v) is 17.2. The molecule has 0 bridgehead atoms. The summed E-state index contributed by atoms with van der Waals surface area (Å²) in [4.78, 5) is 9.05. The molecule has 2 N–H and O–H groups in total. The molecular formula is C22H26N4O3. The fourth-order valence-corrected chi connectivity index (χ4v) is 2.87. The third-order valence-electron chi connectivity index (χ3n) is 4.20. The van der Waals surface area contributed by atoms with Crippen molar-refractivity contribution in [1.82, 2.24) is 9.97 Å². The number of methoxy groups -OCH3 is 2. The molecule has 152 valence electrons. The molecule has 0 unspecified atom stereocenters. The number of nitrogens with zero attached hydrogens (tertiary/aromatic N) is 2. The van der Waals surface area contributed by atoms with Crippen LogP contribution in [0, 0.1) is 6.92 Å². The lowest BCUT2D eigenvalue weighted by Crippen LogP contribution is -2.07. The monoisotopic (exact) mass is 394 g/mol. The first-order valence-electron chi connectivity index (χ1n) is 9.42. The number of rotatable bonds is 9. The van der Waals surface area contributed by atoms with Crippen molar-refractivity contribution in [2.45, 2.75) is 20.4 Å². The van der Waals surface area contributed by atoms with Gasteiger partial charge < -0.3 is 24.8 Å². The predicted molar refractivity (Wildman–Crippen MR) is 115 cm³/mol. The summed E-state index contributed by atoms with van der Waals surface area (Å²) in [6.45, 7) is 5.04. The van der Waals surface area contributed by atoms with Crippen LogP contribution in [0.25, 0.3) is 0 Å². The van der Waals surface area contributed by atoms with Crippen LogP contribution in [-0.2, 0) is 6.54 Å². The predicted octanol–water partition coefficient (Wildman–Crippen LogP) is 4.56. The number of ether oxygens (including phenoxy) is 3. The fourth-order valence-electron chi connectivity index (χ4n) is 2.87. The summed E-state index contributed by atoms with van der Waals surface area (Å²) >= 11 is 0. The number of para-hydroxylation sites is 2. The van der Waals surface area contributed by atoms with Crippen LogP contribution in [0.5, 0.6) is 17.2 Å². The van der Waals surface area contributed by atoms with Crippen LogP contribution < -0.4 is 24.8 Å². The summed E-state index contributed by atoms with van der Waals surface area (Å²) < 4.78 is 16.3. The van der Waals surface area contributed by atoms with Gasteiger partial charge in [0.1, 0.15) is 11.6 Å². The van der Waals surface area contributed by atoms with E-state index in [-0.39, 0.29) is 0 Å². The highest BCUT2D eigenvalue weighted by Crippen LogP contribution is 2.29. The average molecular weight is 394 g/mol. The zero-order chi connectivity index (χ0) is 20.6. The van der Waals surface area contributed by atoms with Gasteiger partial charge >= 0.3 is 0 Å². The fraction of sp³-hybridized carbons (Fsp3) is 0.273. The molecule has 0 spiro atoms. The first-order valence-corrected chi connectivity index (χ1v) is 9.42. The number of aromatic nitrogens is 2. The Morgan fingerprint density at radius 2 is 1.69 bits per heavy atom. The lowest BCUT2D eigenvalue weighted by atomic mass is 10.2. The van der Waals surface area contributed by atoms with Crippen molar-refractivity contribution >= 4 is 17.5 Å². The second kappa shape index (κ2) is 9.64. The number of nitrogens with one attached hydrogen (secondary N) is 2. The number of anilines is 3. The summed E-state index contributed by atoms with van der Waals surface area (Å²) in [6.07, 6.45) is 0. The first kappa shape index (κ1) is 20.3. The Kier molecular flexibility index (Phi) is 6.73. The van der Waals surface area contributed by atoms with Gasteiger partial charge in [0.2, 0.25) is 5.95 Å². The molecule has 0 aliphatic carbocycles. The molecule has 7 heteroatoms. The second-order valence-electron chi connectivity index (χ2n) is 6.32. The smallest absolute Gasteiger partial charge is 0.225 e. The third-order valence-corrected chi connectivity index (χ3v) is 4.20. The Morgan fingerprint density at radius 1 is 0.897 bits per heavy atom. The minimum absolute atomic E-state index is 0.538. The van der Waals surface area contributed by atoms with E-state index in [1.165, 1.54) is 0 Å². The molecular weight excluding hydrogens is 368 g/mol. The average Bonchev–Trinajstić information content (AvgIpc) is 2.73. The number of hydrogen-bond donors (Lipinski definition) is 2. The highest BCUT2D eigenvalue weighted by molar-refractivity contribution is 5.64. The summed E-state index contributed by atoms with van der Waals surface area (Å²) in [5.41, 5.74) is 2.74. The molecule has 0 radical (unpaired) electrons. The molecule has 0 saturated heterocycles. The van der Waals surface area contributed by atoms with Crippen molar-refractivity contribution in [3.8, 4) is 17.2 Å². The van der Waals surface area contributed by atoms with Crippen LogP contribution in [0.3, 0.4) is 0 Å². The van der Waals surface area contributed by atoms with Crippen molar-refractivity contribution < 1.29 is 14.2 Å². The Morgan fingerprint density at radius 3 is 2.45 bits per heavy atom. The molecule has 0 aliphatic heterocycles. The van der Waals surface area contributed by atoms with Crippen molar-refractivity contribution in [2.75, 3.05) is 31.5 Å². The van der Waals surface area contributed by atoms with Crippen molar-refractivity contribution in [3.05, 3.63) is 59.8 Å². The van der Waals surface area contributed by atoms with Crippen LogP contribution in [0.1, 0.15) is 18.2 Å². The van der Waals surface area contributed by atoms with E-state index in [4.69, 9.17) is 14.2 Å². The van der Waals surface area contributed by atoms with Gasteiger partial charge in [-0.15, -0.1) is 0 Å². The van der Waals surface area contributed by atoms with Crippen LogP contribution >= 0.6 is 0 Å². The van der Waals surface area contributed by atoms with E-state index in [2.05, 4.69) is 20.6 Å². The van der Waals surface area contributed by atoms with E-state index in [9.17, 15) is 0 Å². The lowest BCUT2D eigenvalue weighted by Gasteiger charge is -2.13. The molecule has 0 amide bonds. The molecule has 0 aliphatic rings. The van der Waals surface area contributed by atoms with Gasteiger partial charge in [-0.05, 0) is 43.7 Å². The molecule has 1 aromatic heterocycles. The summed E-state index contributed by atoms with van der Waals surface area (Å²) in [5, 5.41) is 6.58. The van der Waals surface area contributed by atoms with Crippen LogP contribution in [0.2, 0.25) is 0 Å². The molecule has 7 nitrogen and oxygen atoms in total. The van der Waals surface area contributed by atoms with E-state index in [0.29, 0.717) is 36.4 Å². The zero-order valence-electron chi connectivity index (χ0n) is 17.2. The van der Waals surface area contributed by atoms with E-state index in [1.54, 1.807) is 14.2 Å². The van der Waals surface area contributed by atoms with Gasteiger partial charge in [-0.2, -0.15) is 4.98 Å². The SMILES string of the molecule is CCOc1ccccc1Nc1cc(C)nc(NCc2ccc(OC)c(OC)c2)n1. The van der Waals surface area contributed by atoms with E-state index < -0.39 is 0 Å². The van der Waals surface area contributed by atoms with Crippen molar-refractivity contribution in [1.29, 1.82) is 0 Å². The number of benzene rings is 2. The molecule has 29 heavy (non-hydrogen) atoms. The second-order valence-corrected chi connectivity index (χ2v) is 6.32. The molecule has 3 aromatic rings. The van der Waals surface area contributed by atoms with Crippen LogP contribution in [0.4, 0.5) is 17.5 Å². The van der Waals surface area contributed by atoms with Gasteiger partial charge in [-0.25, -0.2) is 4.98 Å². The van der Waals surface area contributed by atoms with E-state index in [1.807, 2.05) is 62.4 Å². The molecule has 0 saturated carbocycles. The summed E-state index contributed by atoms with van der Waals surface area (Å²) in [7, 11) is 3.24. The summed E-state index contributed by atoms with van der Waals surface area (Å²) in [6, 6.07) is 15.5. The van der Waals surface area contributed by atoms with E-state index >= 15 is 0 Å². The normalized spacial score (nSPS) is 10.3. The first-order chi connectivity index (χ1) is 14.1. The number of hydrogen-bond acceptors (Lipinski definition) is 7. The number of aryl methyl sites for hydroxylation is 1. The molecule has 2 aromatic carbocycles. The van der Waals surface area contributed by atoms with Crippen molar-refractivity contribution in [3.63, 3.8) is 0 Å². The minimum Gasteiger partial charge on any atom is -0.493 e. The molecule has 0 fully saturated rings. The Balaban J connectivity index is 1.74. The Labute approximate surface area is 171 Å². The van der Waals surface area contributed by atoms with Crippen LogP contribution in [-0.4, -0.2) is 30.8 Å².